The van der Waals surface area contributed by atoms with Gasteiger partial charge in [0.15, 0.2) is 11.4 Å². The summed E-state index contributed by atoms with van der Waals surface area (Å²) in [4.78, 5) is 27.6. The second kappa shape index (κ2) is 4.82. The molecule has 1 spiro atoms. The number of aromatic nitrogens is 1. The summed E-state index contributed by atoms with van der Waals surface area (Å²) in [5, 5.41) is 12.8. The first-order valence-corrected chi connectivity index (χ1v) is 7.26. The number of ether oxygens (including phenoxy) is 1. The van der Waals surface area contributed by atoms with Crippen molar-refractivity contribution in [3.8, 4) is 0 Å². The molecule has 4 rings (SSSR count). The lowest BCUT2D eigenvalue weighted by atomic mass is 9.91. The van der Waals surface area contributed by atoms with E-state index in [4.69, 9.17) is 4.74 Å². The Morgan fingerprint density at radius 3 is 2.87 bits per heavy atom. The van der Waals surface area contributed by atoms with E-state index in [1.54, 1.807) is 36.5 Å². The highest BCUT2D eigenvalue weighted by atomic mass is 16.5. The van der Waals surface area contributed by atoms with E-state index in [0.717, 1.165) is 0 Å². The molecule has 1 aromatic heterocycles. The van der Waals surface area contributed by atoms with Gasteiger partial charge in [0, 0.05) is 17.4 Å². The fourth-order valence-electron chi connectivity index (χ4n) is 3.10. The SMILES string of the molecule is O=C1C[C@]2(O[C@H]1/C=C(\O)c1ccc[nH]1)C(=O)Nc1ccccc12. The molecular formula is C17H14N2O4. The van der Waals surface area contributed by atoms with E-state index in [-0.39, 0.29) is 23.9 Å². The van der Waals surface area contributed by atoms with Crippen LogP contribution in [-0.4, -0.2) is 27.9 Å². The second-order valence-corrected chi connectivity index (χ2v) is 5.64. The van der Waals surface area contributed by atoms with Crippen molar-refractivity contribution in [3.63, 3.8) is 0 Å². The third kappa shape index (κ3) is 1.99. The summed E-state index contributed by atoms with van der Waals surface area (Å²) >= 11 is 0. The molecule has 0 unspecified atom stereocenters. The number of aliphatic hydroxyl groups is 1. The molecule has 0 aliphatic carbocycles. The number of carbonyl (C=O) groups is 2. The third-order valence-corrected chi connectivity index (χ3v) is 4.23. The monoisotopic (exact) mass is 310 g/mol. The van der Waals surface area contributed by atoms with Crippen molar-refractivity contribution < 1.29 is 19.4 Å². The number of Topliss-reactive ketones (excluding diaryl/α,β-unsaturated/α-hetero) is 1. The Bertz CT molecular complexity index is 825. The number of nitrogens with one attached hydrogen (secondary N) is 2. The van der Waals surface area contributed by atoms with Gasteiger partial charge in [0.2, 0.25) is 0 Å². The summed E-state index contributed by atoms with van der Waals surface area (Å²) in [5.74, 6) is -0.672. The van der Waals surface area contributed by atoms with Crippen LogP contribution < -0.4 is 5.32 Å². The van der Waals surface area contributed by atoms with Crippen LogP contribution >= 0.6 is 0 Å². The first-order valence-electron chi connectivity index (χ1n) is 7.26. The van der Waals surface area contributed by atoms with Gasteiger partial charge < -0.3 is 20.1 Å². The van der Waals surface area contributed by atoms with Crippen LogP contribution in [0.4, 0.5) is 5.69 Å². The normalized spacial score (nSPS) is 26.6. The Kier molecular flexibility index (Phi) is 2.89. The van der Waals surface area contributed by atoms with Gasteiger partial charge in [0.05, 0.1) is 12.1 Å². The number of ketones is 1. The molecule has 3 heterocycles. The van der Waals surface area contributed by atoms with Gasteiger partial charge in [-0.1, -0.05) is 18.2 Å². The van der Waals surface area contributed by atoms with Crippen molar-refractivity contribution in [1.82, 2.24) is 4.98 Å². The van der Waals surface area contributed by atoms with E-state index in [9.17, 15) is 14.7 Å². The third-order valence-electron chi connectivity index (χ3n) is 4.23. The maximum Gasteiger partial charge on any atom is 0.261 e. The van der Waals surface area contributed by atoms with Gasteiger partial charge in [-0.25, -0.2) is 0 Å². The predicted molar refractivity (Wildman–Crippen MR) is 82.6 cm³/mol. The van der Waals surface area contributed by atoms with Gasteiger partial charge in [0.25, 0.3) is 5.91 Å². The van der Waals surface area contributed by atoms with Gasteiger partial charge >= 0.3 is 0 Å². The summed E-state index contributed by atoms with van der Waals surface area (Å²) in [7, 11) is 0. The molecule has 0 bridgehead atoms. The number of amides is 1. The molecule has 1 saturated heterocycles. The number of fused-ring (bicyclic) bond motifs is 2. The minimum absolute atomic E-state index is 0.0466. The first kappa shape index (κ1) is 13.8. The largest absolute Gasteiger partial charge is 0.506 e. The molecule has 1 fully saturated rings. The van der Waals surface area contributed by atoms with Crippen LogP contribution in [0.1, 0.15) is 17.7 Å². The number of aromatic amines is 1. The Hall–Kier alpha value is -2.86. The summed E-state index contributed by atoms with van der Waals surface area (Å²) in [6.07, 6.45) is 1.99. The average molecular weight is 310 g/mol. The van der Waals surface area contributed by atoms with E-state index in [2.05, 4.69) is 10.3 Å². The number of hydrogen-bond donors (Lipinski definition) is 3. The van der Waals surface area contributed by atoms with Gasteiger partial charge in [-0.15, -0.1) is 0 Å². The molecule has 1 aromatic carbocycles. The zero-order valence-electron chi connectivity index (χ0n) is 12.1. The second-order valence-electron chi connectivity index (χ2n) is 5.64. The minimum atomic E-state index is -1.30. The van der Waals surface area contributed by atoms with Crippen LogP contribution in [0.3, 0.4) is 0 Å². The van der Waals surface area contributed by atoms with Crippen LogP contribution in [0.25, 0.3) is 5.76 Å². The molecular weight excluding hydrogens is 296 g/mol. The van der Waals surface area contributed by atoms with Crippen molar-refractivity contribution in [2.75, 3.05) is 5.32 Å². The van der Waals surface area contributed by atoms with E-state index < -0.39 is 11.7 Å². The Morgan fingerprint density at radius 1 is 1.26 bits per heavy atom. The molecule has 6 nitrogen and oxygen atoms in total. The molecule has 2 aliphatic rings. The van der Waals surface area contributed by atoms with Crippen molar-refractivity contribution >= 4 is 23.1 Å². The zero-order chi connectivity index (χ0) is 16.0. The molecule has 6 heteroatoms. The highest BCUT2D eigenvalue weighted by Crippen LogP contribution is 2.46. The Labute approximate surface area is 131 Å². The smallest absolute Gasteiger partial charge is 0.261 e. The number of aliphatic hydroxyl groups excluding tert-OH is 1. The molecule has 2 atom stereocenters. The molecule has 0 saturated carbocycles. The number of H-pyrrole nitrogens is 1. The fraction of sp³-hybridized carbons (Fsp3) is 0.176. The zero-order valence-corrected chi connectivity index (χ0v) is 12.1. The summed E-state index contributed by atoms with van der Waals surface area (Å²) in [5.41, 5.74) is 0.501. The lowest BCUT2D eigenvalue weighted by Gasteiger charge is -2.20. The van der Waals surface area contributed by atoms with Crippen LogP contribution in [0.2, 0.25) is 0 Å². The van der Waals surface area contributed by atoms with Crippen LogP contribution in [0, 0.1) is 0 Å². The molecule has 1 amide bonds. The molecule has 2 aliphatic heterocycles. The molecule has 2 aromatic rings. The molecule has 23 heavy (non-hydrogen) atoms. The Balaban J connectivity index is 1.69. The van der Waals surface area contributed by atoms with Crippen molar-refractivity contribution in [2.24, 2.45) is 0 Å². The van der Waals surface area contributed by atoms with Gasteiger partial charge in [-0.2, -0.15) is 0 Å². The number of rotatable bonds is 2. The first-order chi connectivity index (χ1) is 11.1. The lowest BCUT2D eigenvalue weighted by Crippen LogP contribution is -2.34. The fourth-order valence-corrected chi connectivity index (χ4v) is 3.10. The Morgan fingerprint density at radius 2 is 2.09 bits per heavy atom. The maximum absolute atomic E-state index is 12.4. The number of carbonyl (C=O) groups excluding carboxylic acids is 2. The van der Waals surface area contributed by atoms with Crippen LogP contribution in [0.5, 0.6) is 0 Å². The van der Waals surface area contributed by atoms with E-state index in [0.29, 0.717) is 16.9 Å². The number of anilines is 1. The highest BCUT2D eigenvalue weighted by Gasteiger charge is 2.56. The summed E-state index contributed by atoms with van der Waals surface area (Å²) in [6, 6.07) is 10.6. The topological polar surface area (TPSA) is 91.4 Å². The minimum Gasteiger partial charge on any atom is -0.506 e. The number of hydrogen-bond acceptors (Lipinski definition) is 4. The van der Waals surface area contributed by atoms with Gasteiger partial charge in [-0.05, 0) is 24.3 Å². The number of para-hydroxylation sites is 1. The lowest BCUT2D eigenvalue weighted by molar-refractivity contribution is -0.138. The summed E-state index contributed by atoms with van der Waals surface area (Å²) < 4.78 is 5.82. The quantitative estimate of drug-likeness (QED) is 0.741. The molecule has 0 radical (unpaired) electrons. The average Bonchev–Trinajstić information content (AvgIpc) is 3.22. The molecule has 116 valence electrons. The predicted octanol–water partition coefficient (Wildman–Crippen LogP) is 2.12. The number of benzene rings is 1. The highest BCUT2D eigenvalue weighted by molar-refractivity contribution is 6.09. The van der Waals surface area contributed by atoms with E-state index >= 15 is 0 Å². The van der Waals surface area contributed by atoms with Crippen LogP contribution in [-0.2, 0) is 19.9 Å². The van der Waals surface area contributed by atoms with E-state index in [1.807, 2.05) is 6.07 Å². The maximum atomic E-state index is 12.4. The molecule has 3 N–H and O–H groups in total. The van der Waals surface area contributed by atoms with E-state index in [1.165, 1.54) is 6.08 Å². The van der Waals surface area contributed by atoms with Gasteiger partial charge in [-0.3, -0.25) is 9.59 Å². The van der Waals surface area contributed by atoms with Crippen molar-refractivity contribution in [1.29, 1.82) is 0 Å². The van der Waals surface area contributed by atoms with Gasteiger partial charge in [0.1, 0.15) is 11.9 Å². The summed E-state index contributed by atoms with van der Waals surface area (Å²) in [6.45, 7) is 0. The standard InChI is InChI=1S/C17H14N2O4/c20-13(12-6-3-7-18-12)8-15-14(21)9-17(23-15)10-4-1-2-5-11(10)19-16(17)22/h1-8,15,18,20H,9H2,(H,19,22)/b13-8-/t15-,17+/m0/s1. The van der Waals surface area contributed by atoms with Crippen LogP contribution in [0.15, 0.2) is 48.7 Å². The van der Waals surface area contributed by atoms with Crippen molar-refractivity contribution in [2.45, 2.75) is 18.1 Å². The van der Waals surface area contributed by atoms with Crippen molar-refractivity contribution in [3.05, 3.63) is 59.9 Å².